The number of aromatic nitrogens is 2. The molecule has 1 aliphatic heterocycles. The number of oxazole rings is 1. The Balaban J connectivity index is 1.57. The van der Waals surface area contributed by atoms with Crippen LogP contribution in [-0.2, 0) is 10.0 Å². The van der Waals surface area contributed by atoms with Gasteiger partial charge >= 0.3 is 5.76 Å². The highest BCUT2D eigenvalue weighted by Gasteiger charge is 2.26. The minimum absolute atomic E-state index is 0.0978. The number of anilines is 1. The predicted molar refractivity (Wildman–Crippen MR) is 131 cm³/mol. The molecule has 0 amide bonds. The van der Waals surface area contributed by atoms with Crippen LogP contribution in [0.4, 0.5) is 14.6 Å². The van der Waals surface area contributed by atoms with Crippen LogP contribution in [0.2, 0.25) is 0 Å². The number of hydrogen-bond acceptors (Lipinski definition) is 6. The number of nitrogens with zero attached hydrogens (tertiary/aromatic N) is 2. The van der Waals surface area contributed by atoms with Crippen LogP contribution in [0.5, 0.6) is 0 Å². The summed E-state index contributed by atoms with van der Waals surface area (Å²) in [5.41, 5.74) is 3.00. The van der Waals surface area contributed by atoms with Gasteiger partial charge in [0.1, 0.15) is 16.5 Å². The van der Waals surface area contributed by atoms with Gasteiger partial charge < -0.3 is 9.73 Å². The lowest BCUT2D eigenvalue weighted by atomic mass is 9.92. The number of sulfonamides is 1. The van der Waals surface area contributed by atoms with E-state index in [0.29, 0.717) is 0 Å². The lowest BCUT2D eigenvalue weighted by Crippen LogP contribution is -2.22. The fraction of sp³-hybridized carbons (Fsp3) is 0.200. The zero-order chi connectivity index (χ0) is 25.4. The Bertz CT molecular complexity index is 1660. The van der Waals surface area contributed by atoms with E-state index in [0.717, 1.165) is 54.4 Å². The molecule has 0 bridgehead atoms. The summed E-state index contributed by atoms with van der Waals surface area (Å²) < 4.78 is 62.8. The first-order valence-corrected chi connectivity index (χ1v) is 12.7. The Morgan fingerprint density at radius 1 is 1.14 bits per heavy atom. The third kappa shape index (κ3) is 4.42. The maximum Gasteiger partial charge on any atom is 0.420 e. The van der Waals surface area contributed by atoms with Crippen LogP contribution >= 0.6 is 0 Å². The molecule has 2 aromatic carbocycles. The molecule has 0 radical (unpaired) electrons. The molecule has 36 heavy (non-hydrogen) atoms. The van der Waals surface area contributed by atoms with Crippen molar-refractivity contribution < 1.29 is 21.6 Å². The van der Waals surface area contributed by atoms with E-state index in [1.165, 1.54) is 16.7 Å². The Morgan fingerprint density at radius 3 is 2.69 bits per heavy atom. The summed E-state index contributed by atoms with van der Waals surface area (Å²) in [5, 5.41) is 3.27. The van der Waals surface area contributed by atoms with Gasteiger partial charge in [-0.25, -0.2) is 22.6 Å². The summed E-state index contributed by atoms with van der Waals surface area (Å²) in [6, 6.07) is 12.6. The SMILES string of the molecule is CC(c1ccccc1C1=CCNCC1)n1c(=O)oc2cc(S(=O)(=O)Nc3cccc(F)n3)c(F)cc21. The van der Waals surface area contributed by atoms with E-state index in [9.17, 15) is 17.6 Å². The van der Waals surface area contributed by atoms with Gasteiger partial charge in [-0.05, 0) is 48.7 Å². The fourth-order valence-corrected chi connectivity index (χ4v) is 5.50. The summed E-state index contributed by atoms with van der Waals surface area (Å²) in [6.07, 6.45) is 2.93. The molecule has 0 saturated heterocycles. The normalized spacial score (nSPS) is 15.0. The highest BCUT2D eigenvalue weighted by molar-refractivity contribution is 7.92. The zero-order valence-corrected chi connectivity index (χ0v) is 20.0. The molecule has 0 fully saturated rings. The maximum absolute atomic E-state index is 15.1. The van der Waals surface area contributed by atoms with Gasteiger partial charge in [0.05, 0.1) is 11.6 Å². The number of rotatable bonds is 6. The Kier molecular flexibility index (Phi) is 6.19. The van der Waals surface area contributed by atoms with Crippen LogP contribution < -0.4 is 15.8 Å². The van der Waals surface area contributed by atoms with E-state index in [-0.39, 0.29) is 16.9 Å². The highest BCUT2D eigenvalue weighted by atomic mass is 32.2. The lowest BCUT2D eigenvalue weighted by Gasteiger charge is -2.21. The number of fused-ring (bicyclic) bond motifs is 1. The van der Waals surface area contributed by atoms with Gasteiger partial charge in [-0.15, -0.1) is 0 Å². The first kappa shape index (κ1) is 23.9. The molecule has 3 heterocycles. The fourth-order valence-electron chi connectivity index (χ4n) is 4.43. The predicted octanol–water partition coefficient (Wildman–Crippen LogP) is 4.05. The van der Waals surface area contributed by atoms with Crippen LogP contribution in [-0.4, -0.2) is 31.1 Å². The minimum Gasteiger partial charge on any atom is -0.408 e. The quantitative estimate of drug-likeness (QED) is 0.378. The summed E-state index contributed by atoms with van der Waals surface area (Å²) in [5.74, 6) is -3.06. The van der Waals surface area contributed by atoms with Crippen LogP contribution in [0.25, 0.3) is 16.7 Å². The van der Waals surface area contributed by atoms with Gasteiger partial charge in [0, 0.05) is 18.7 Å². The van der Waals surface area contributed by atoms with E-state index in [1.54, 1.807) is 6.92 Å². The number of nitrogens with one attached hydrogen (secondary N) is 2. The van der Waals surface area contributed by atoms with Crippen LogP contribution in [0.1, 0.15) is 30.5 Å². The molecule has 4 aromatic rings. The van der Waals surface area contributed by atoms with Crippen LogP contribution in [0, 0.1) is 11.8 Å². The molecule has 1 aliphatic rings. The van der Waals surface area contributed by atoms with Crippen molar-refractivity contribution in [2.75, 3.05) is 17.8 Å². The van der Waals surface area contributed by atoms with Gasteiger partial charge in [0.25, 0.3) is 10.0 Å². The second-order valence-corrected chi connectivity index (χ2v) is 10.0. The molecule has 0 saturated carbocycles. The average Bonchev–Trinajstić information content (AvgIpc) is 3.18. The van der Waals surface area contributed by atoms with Crippen molar-refractivity contribution in [3.63, 3.8) is 0 Å². The molecular weight excluding hydrogens is 490 g/mol. The Labute approximate surface area is 205 Å². The van der Waals surface area contributed by atoms with Crippen molar-refractivity contribution in [1.29, 1.82) is 0 Å². The van der Waals surface area contributed by atoms with Crippen molar-refractivity contribution in [1.82, 2.24) is 14.9 Å². The third-order valence-electron chi connectivity index (χ3n) is 6.12. The third-order valence-corrected chi connectivity index (χ3v) is 7.49. The molecule has 1 unspecified atom stereocenters. The minimum atomic E-state index is -4.49. The van der Waals surface area contributed by atoms with Gasteiger partial charge in [0.15, 0.2) is 5.58 Å². The van der Waals surface area contributed by atoms with E-state index in [4.69, 9.17) is 4.42 Å². The van der Waals surface area contributed by atoms with Crippen molar-refractivity contribution >= 4 is 32.5 Å². The van der Waals surface area contributed by atoms with E-state index in [2.05, 4.69) is 16.4 Å². The molecule has 1 atom stereocenters. The number of halogens is 2. The molecule has 0 spiro atoms. The molecule has 2 aromatic heterocycles. The largest absolute Gasteiger partial charge is 0.420 e. The van der Waals surface area contributed by atoms with Gasteiger partial charge in [-0.2, -0.15) is 4.39 Å². The van der Waals surface area contributed by atoms with Crippen molar-refractivity contribution in [3.8, 4) is 0 Å². The van der Waals surface area contributed by atoms with E-state index in [1.807, 2.05) is 29.0 Å². The molecule has 5 rings (SSSR count). The Morgan fingerprint density at radius 2 is 1.94 bits per heavy atom. The highest BCUT2D eigenvalue weighted by Crippen LogP contribution is 2.32. The monoisotopic (exact) mass is 512 g/mol. The first-order chi connectivity index (χ1) is 17.2. The molecule has 0 aliphatic carbocycles. The maximum atomic E-state index is 15.1. The van der Waals surface area contributed by atoms with Crippen molar-refractivity contribution in [2.45, 2.75) is 24.3 Å². The summed E-state index contributed by atoms with van der Waals surface area (Å²) >= 11 is 0. The topological polar surface area (TPSA) is 106 Å². The standard InChI is InChI=1S/C25H22F2N4O4S/c1-15(17-5-2-3-6-18(17)16-9-11-28-12-10-16)31-20-13-19(26)22(14-21(20)35-25(31)32)36(33,34)30-24-8-4-7-23(27)29-24/h2-9,13-15,28H,10-12H2,1H3,(H,29,30). The zero-order valence-electron chi connectivity index (χ0n) is 19.2. The molecule has 8 nitrogen and oxygen atoms in total. The first-order valence-electron chi connectivity index (χ1n) is 11.2. The summed E-state index contributed by atoms with van der Waals surface area (Å²) in [7, 11) is -4.49. The molecule has 186 valence electrons. The second kappa shape index (κ2) is 9.32. The summed E-state index contributed by atoms with van der Waals surface area (Å²) in [4.78, 5) is 15.6. The number of pyridine rings is 1. The average molecular weight is 513 g/mol. The van der Waals surface area contributed by atoms with Crippen LogP contribution in [0.3, 0.4) is 0 Å². The van der Waals surface area contributed by atoms with Gasteiger partial charge in [-0.3, -0.25) is 9.29 Å². The summed E-state index contributed by atoms with van der Waals surface area (Å²) in [6.45, 7) is 3.38. The molecular formula is C25H22F2N4O4S. The van der Waals surface area contributed by atoms with Gasteiger partial charge in [-0.1, -0.05) is 36.4 Å². The van der Waals surface area contributed by atoms with Gasteiger partial charge in [0.2, 0.25) is 5.95 Å². The van der Waals surface area contributed by atoms with Crippen molar-refractivity contribution in [3.05, 3.63) is 94.1 Å². The van der Waals surface area contributed by atoms with Crippen molar-refractivity contribution in [2.24, 2.45) is 0 Å². The Hall–Kier alpha value is -3.83. The number of benzene rings is 2. The van der Waals surface area contributed by atoms with E-state index >= 15 is 4.39 Å². The number of hydrogen-bond donors (Lipinski definition) is 2. The molecule has 11 heteroatoms. The van der Waals surface area contributed by atoms with E-state index < -0.39 is 38.5 Å². The lowest BCUT2D eigenvalue weighted by molar-refractivity contribution is 0.489. The molecule has 2 N–H and O–H groups in total. The van der Waals surface area contributed by atoms with Crippen LogP contribution in [0.15, 0.2) is 74.8 Å². The smallest absolute Gasteiger partial charge is 0.408 e. The second-order valence-electron chi connectivity index (χ2n) is 8.39.